The van der Waals surface area contributed by atoms with E-state index in [1.165, 1.54) is 0 Å². The van der Waals surface area contributed by atoms with E-state index in [0.29, 0.717) is 11.9 Å². The van der Waals surface area contributed by atoms with Crippen LogP contribution in [0.1, 0.15) is 0 Å². The van der Waals surface area contributed by atoms with Gasteiger partial charge < -0.3 is 15.4 Å². The molecular weight excluding hydrogens is 166 g/mol. The van der Waals surface area contributed by atoms with Crippen LogP contribution >= 0.6 is 0 Å². The zero-order chi connectivity index (χ0) is 9.10. The normalized spacial score (nSPS) is 16.4. The second-order valence-corrected chi connectivity index (χ2v) is 3.09. The molecule has 1 aliphatic heterocycles. The van der Waals surface area contributed by atoms with E-state index in [1.54, 1.807) is 13.3 Å². The first-order chi connectivity index (χ1) is 6.38. The van der Waals surface area contributed by atoms with Gasteiger partial charge >= 0.3 is 0 Å². The summed E-state index contributed by atoms with van der Waals surface area (Å²) in [6.07, 6.45) is 1.74. The third-order valence-electron chi connectivity index (χ3n) is 2.10. The third-order valence-corrected chi connectivity index (χ3v) is 2.10. The van der Waals surface area contributed by atoms with Gasteiger partial charge in [-0.15, -0.1) is 0 Å². The quantitative estimate of drug-likeness (QED) is 0.708. The molecule has 4 heteroatoms. The Balaban J connectivity index is 2.01. The minimum atomic E-state index is 0.548. The predicted molar refractivity (Wildman–Crippen MR) is 51.1 cm³/mol. The van der Waals surface area contributed by atoms with Crippen molar-refractivity contribution in [3.8, 4) is 5.88 Å². The maximum Gasteiger partial charge on any atom is 0.214 e. The summed E-state index contributed by atoms with van der Waals surface area (Å²) in [7, 11) is 1.62. The van der Waals surface area contributed by atoms with Crippen LogP contribution < -0.4 is 15.4 Å². The van der Waals surface area contributed by atoms with Crippen LogP contribution in [-0.2, 0) is 0 Å². The first-order valence-corrected chi connectivity index (χ1v) is 4.36. The number of anilines is 1. The highest BCUT2D eigenvalue weighted by Crippen LogP contribution is 2.14. The first kappa shape index (κ1) is 8.31. The molecule has 0 atom stereocenters. The summed E-state index contributed by atoms with van der Waals surface area (Å²) in [4.78, 5) is 4.03. The van der Waals surface area contributed by atoms with Crippen molar-refractivity contribution in [3.05, 3.63) is 18.3 Å². The lowest BCUT2D eigenvalue weighted by Crippen LogP contribution is -2.51. The zero-order valence-electron chi connectivity index (χ0n) is 7.58. The standard InChI is InChI=1S/C9H13N3O/c1-13-9-4-7(2-3-11-9)12-8-5-10-6-8/h2-4,8,10H,5-6H2,1H3,(H,11,12). The van der Waals surface area contributed by atoms with Crippen LogP contribution in [0.4, 0.5) is 5.69 Å². The van der Waals surface area contributed by atoms with E-state index < -0.39 is 0 Å². The van der Waals surface area contributed by atoms with Gasteiger partial charge in [0.15, 0.2) is 0 Å². The maximum atomic E-state index is 5.02. The average molecular weight is 179 g/mol. The van der Waals surface area contributed by atoms with Crippen LogP contribution in [0.25, 0.3) is 0 Å². The van der Waals surface area contributed by atoms with Gasteiger partial charge in [-0.05, 0) is 6.07 Å². The predicted octanol–water partition coefficient (Wildman–Crippen LogP) is 0.474. The van der Waals surface area contributed by atoms with Crippen LogP contribution in [0.3, 0.4) is 0 Å². The van der Waals surface area contributed by atoms with Crippen molar-refractivity contribution in [2.45, 2.75) is 6.04 Å². The van der Waals surface area contributed by atoms with Crippen LogP contribution in [0.2, 0.25) is 0 Å². The molecule has 0 radical (unpaired) electrons. The number of nitrogens with zero attached hydrogens (tertiary/aromatic N) is 1. The van der Waals surface area contributed by atoms with Gasteiger partial charge in [0.2, 0.25) is 5.88 Å². The molecule has 4 nitrogen and oxygen atoms in total. The highest BCUT2D eigenvalue weighted by atomic mass is 16.5. The molecule has 0 saturated carbocycles. The second kappa shape index (κ2) is 3.62. The molecule has 0 aliphatic carbocycles. The number of hydrogen-bond acceptors (Lipinski definition) is 4. The molecule has 2 rings (SSSR count). The van der Waals surface area contributed by atoms with Gasteiger partial charge in [0.1, 0.15) is 0 Å². The van der Waals surface area contributed by atoms with Gasteiger partial charge in [-0.25, -0.2) is 4.98 Å². The summed E-state index contributed by atoms with van der Waals surface area (Å²) in [5.41, 5.74) is 1.07. The Hall–Kier alpha value is -1.29. The van der Waals surface area contributed by atoms with E-state index in [1.807, 2.05) is 12.1 Å². The summed E-state index contributed by atoms with van der Waals surface area (Å²) in [5, 5.41) is 6.57. The molecule has 1 aliphatic rings. The van der Waals surface area contributed by atoms with E-state index in [0.717, 1.165) is 18.8 Å². The molecule has 1 fully saturated rings. The van der Waals surface area contributed by atoms with Crippen molar-refractivity contribution in [1.82, 2.24) is 10.3 Å². The van der Waals surface area contributed by atoms with Crippen molar-refractivity contribution in [2.75, 3.05) is 25.5 Å². The number of hydrogen-bond donors (Lipinski definition) is 2. The molecule has 0 spiro atoms. The largest absolute Gasteiger partial charge is 0.481 e. The first-order valence-electron chi connectivity index (χ1n) is 4.36. The Labute approximate surface area is 77.3 Å². The third kappa shape index (κ3) is 1.89. The summed E-state index contributed by atoms with van der Waals surface area (Å²) >= 11 is 0. The highest BCUT2D eigenvalue weighted by Gasteiger charge is 2.15. The molecule has 70 valence electrons. The van der Waals surface area contributed by atoms with Crippen LogP contribution in [0.15, 0.2) is 18.3 Å². The molecule has 0 unspecified atom stereocenters. The molecule has 2 heterocycles. The minimum absolute atomic E-state index is 0.548. The zero-order valence-corrected chi connectivity index (χ0v) is 7.58. The highest BCUT2D eigenvalue weighted by molar-refractivity contribution is 5.46. The van der Waals surface area contributed by atoms with Crippen molar-refractivity contribution >= 4 is 5.69 Å². The lowest BCUT2D eigenvalue weighted by atomic mass is 10.2. The Kier molecular flexibility index (Phi) is 2.31. The van der Waals surface area contributed by atoms with E-state index >= 15 is 0 Å². The number of pyridine rings is 1. The monoisotopic (exact) mass is 179 g/mol. The van der Waals surface area contributed by atoms with Crippen molar-refractivity contribution in [2.24, 2.45) is 0 Å². The van der Waals surface area contributed by atoms with E-state index in [4.69, 9.17) is 4.74 Å². The van der Waals surface area contributed by atoms with Gasteiger partial charge in [0.25, 0.3) is 0 Å². The number of ether oxygens (including phenoxy) is 1. The van der Waals surface area contributed by atoms with E-state index in [2.05, 4.69) is 15.6 Å². The average Bonchev–Trinajstić information content (AvgIpc) is 2.12. The summed E-state index contributed by atoms with van der Waals surface area (Å²) in [6.45, 7) is 2.06. The number of nitrogens with one attached hydrogen (secondary N) is 2. The fourth-order valence-electron chi connectivity index (χ4n) is 1.24. The number of rotatable bonds is 3. The minimum Gasteiger partial charge on any atom is -0.481 e. The van der Waals surface area contributed by atoms with Gasteiger partial charge in [0, 0.05) is 31.0 Å². The van der Waals surface area contributed by atoms with Crippen LogP contribution in [-0.4, -0.2) is 31.2 Å². The maximum absolute atomic E-state index is 5.02. The SMILES string of the molecule is COc1cc(NC2CNC2)ccn1. The van der Waals surface area contributed by atoms with Gasteiger partial charge in [-0.1, -0.05) is 0 Å². The fourth-order valence-corrected chi connectivity index (χ4v) is 1.24. The summed E-state index contributed by atoms with van der Waals surface area (Å²) < 4.78 is 5.02. The lowest BCUT2D eigenvalue weighted by molar-refractivity contribution is 0.398. The molecule has 0 aromatic carbocycles. The van der Waals surface area contributed by atoms with Crippen LogP contribution in [0.5, 0.6) is 5.88 Å². The molecule has 0 amide bonds. The number of aromatic nitrogens is 1. The van der Waals surface area contributed by atoms with Crippen molar-refractivity contribution in [1.29, 1.82) is 0 Å². The van der Waals surface area contributed by atoms with E-state index in [-0.39, 0.29) is 0 Å². The molecule has 1 saturated heterocycles. The van der Waals surface area contributed by atoms with E-state index in [9.17, 15) is 0 Å². The Morgan fingerprint density at radius 3 is 3.08 bits per heavy atom. The van der Waals surface area contributed by atoms with Gasteiger partial charge in [-0.3, -0.25) is 0 Å². The molecule has 1 aromatic rings. The Bertz CT molecular complexity index is 286. The Morgan fingerprint density at radius 2 is 2.46 bits per heavy atom. The molecule has 13 heavy (non-hydrogen) atoms. The van der Waals surface area contributed by atoms with Gasteiger partial charge in [0.05, 0.1) is 13.2 Å². The molecule has 0 bridgehead atoms. The van der Waals surface area contributed by atoms with Crippen LogP contribution in [0, 0.1) is 0 Å². The smallest absolute Gasteiger partial charge is 0.214 e. The van der Waals surface area contributed by atoms with Crippen molar-refractivity contribution < 1.29 is 4.74 Å². The number of methoxy groups -OCH3 is 1. The summed E-state index contributed by atoms with van der Waals surface area (Å²) in [5.74, 6) is 0.650. The summed E-state index contributed by atoms with van der Waals surface area (Å²) in [6, 6.07) is 4.39. The fraction of sp³-hybridized carbons (Fsp3) is 0.444. The van der Waals surface area contributed by atoms with Crippen molar-refractivity contribution in [3.63, 3.8) is 0 Å². The lowest BCUT2D eigenvalue weighted by Gasteiger charge is -2.28. The second-order valence-electron chi connectivity index (χ2n) is 3.09. The molecule has 1 aromatic heterocycles. The molecular formula is C9H13N3O. The topological polar surface area (TPSA) is 46.2 Å². The molecule has 2 N–H and O–H groups in total. The Morgan fingerprint density at radius 1 is 1.62 bits per heavy atom. The van der Waals surface area contributed by atoms with Gasteiger partial charge in [-0.2, -0.15) is 0 Å².